The molecule has 6 heteroatoms. The number of rotatable bonds is 4. The van der Waals surface area contributed by atoms with Gasteiger partial charge in [0.25, 0.3) is 0 Å². The Morgan fingerprint density at radius 2 is 2.13 bits per heavy atom. The molecule has 1 aliphatic carbocycles. The molecule has 2 aromatic heterocycles. The molecule has 0 aliphatic heterocycles. The lowest BCUT2D eigenvalue weighted by atomic mass is 10.0. The van der Waals surface area contributed by atoms with E-state index in [9.17, 15) is 9.18 Å². The maximum Gasteiger partial charge on any atom is 0.236 e. The van der Waals surface area contributed by atoms with Crippen molar-refractivity contribution < 1.29 is 13.7 Å². The smallest absolute Gasteiger partial charge is 0.236 e. The fraction of sp³-hybridized carbons (Fsp3) is 0.176. The minimum atomic E-state index is -0.661. The van der Waals surface area contributed by atoms with Crippen LogP contribution in [0.4, 0.5) is 10.1 Å². The molecule has 1 N–H and O–H groups in total. The number of aromatic nitrogens is 1. The second-order valence-electron chi connectivity index (χ2n) is 5.60. The van der Waals surface area contributed by atoms with Gasteiger partial charge in [0, 0.05) is 11.8 Å². The molecule has 0 spiro atoms. The van der Waals surface area contributed by atoms with Crippen molar-refractivity contribution in [3.05, 3.63) is 59.4 Å². The van der Waals surface area contributed by atoms with Crippen LogP contribution in [0.15, 0.2) is 52.4 Å². The number of hydrogen-bond acceptors (Lipinski definition) is 4. The molecule has 3 aromatic rings. The van der Waals surface area contributed by atoms with E-state index in [1.165, 1.54) is 12.1 Å². The Kier molecular flexibility index (Phi) is 3.27. The molecule has 1 fully saturated rings. The van der Waals surface area contributed by atoms with Gasteiger partial charge in [-0.1, -0.05) is 17.3 Å². The summed E-state index contributed by atoms with van der Waals surface area (Å²) in [4.78, 5) is 13.6. The van der Waals surface area contributed by atoms with Gasteiger partial charge in [0.15, 0.2) is 5.76 Å². The van der Waals surface area contributed by atoms with Gasteiger partial charge in [0.2, 0.25) is 5.91 Å². The first-order valence-electron chi connectivity index (χ1n) is 7.25. The van der Waals surface area contributed by atoms with Crippen molar-refractivity contribution in [2.24, 2.45) is 0 Å². The second-order valence-corrected chi connectivity index (χ2v) is 6.55. The number of carbonyl (C=O) groups excluding carboxylic acids is 1. The molecule has 2 heterocycles. The van der Waals surface area contributed by atoms with Gasteiger partial charge in [-0.15, -0.1) is 11.3 Å². The quantitative estimate of drug-likeness (QED) is 0.780. The van der Waals surface area contributed by atoms with Crippen molar-refractivity contribution in [1.82, 2.24) is 5.16 Å². The highest BCUT2D eigenvalue weighted by Crippen LogP contribution is 2.49. The van der Waals surface area contributed by atoms with Crippen LogP contribution in [-0.4, -0.2) is 11.1 Å². The van der Waals surface area contributed by atoms with E-state index in [4.69, 9.17) is 4.52 Å². The summed E-state index contributed by atoms with van der Waals surface area (Å²) in [5, 5.41) is 8.81. The normalized spacial score (nSPS) is 15.3. The predicted molar refractivity (Wildman–Crippen MR) is 85.8 cm³/mol. The number of nitrogens with zero attached hydrogens (tertiary/aromatic N) is 1. The van der Waals surface area contributed by atoms with Crippen LogP contribution in [0.1, 0.15) is 18.5 Å². The zero-order valence-corrected chi connectivity index (χ0v) is 12.9. The Bertz CT molecular complexity index is 853. The summed E-state index contributed by atoms with van der Waals surface area (Å²) in [5.41, 5.74) is 0.420. The lowest BCUT2D eigenvalue weighted by molar-refractivity contribution is -0.118. The number of carbonyl (C=O) groups is 1. The predicted octanol–water partition coefficient (Wildman–Crippen LogP) is 4.21. The molecule has 1 amide bonds. The van der Waals surface area contributed by atoms with E-state index in [1.54, 1.807) is 23.5 Å². The molecule has 4 nitrogen and oxygen atoms in total. The van der Waals surface area contributed by atoms with Crippen LogP contribution in [0, 0.1) is 5.82 Å². The monoisotopic (exact) mass is 328 g/mol. The molecule has 0 bridgehead atoms. The highest BCUT2D eigenvalue weighted by molar-refractivity contribution is 7.13. The van der Waals surface area contributed by atoms with Crippen molar-refractivity contribution in [3.8, 4) is 10.6 Å². The molecule has 0 radical (unpaired) electrons. The summed E-state index contributed by atoms with van der Waals surface area (Å²) in [6.07, 6.45) is 1.43. The van der Waals surface area contributed by atoms with Crippen molar-refractivity contribution in [1.29, 1.82) is 0 Å². The van der Waals surface area contributed by atoms with Gasteiger partial charge in [-0.3, -0.25) is 4.79 Å². The van der Waals surface area contributed by atoms with Crippen molar-refractivity contribution in [2.75, 3.05) is 5.32 Å². The zero-order valence-electron chi connectivity index (χ0n) is 12.1. The summed E-state index contributed by atoms with van der Waals surface area (Å²) >= 11 is 1.56. The van der Waals surface area contributed by atoms with Gasteiger partial charge in [-0.05, 0) is 42.5 Å². The summed E-state index contributed by atoms with van der Waals surface area (Å²) in [7, 11) is 0. The van der Waals surface area contributed by atoms with E-state index < -0.39 is 5.41 Å². The summed E-state index contributed by atoms with van der Waals surface area (Å²) in [6, 6.07) is 11.6. The number of halogens is 1. The third-order valence-electron chi connectivity index (χ3n) is 4.03. The van der Waals surface area contributed by atoms with Crippen molar-refractivity contribution >= 4 is 22.9 Å². The molecule has 0 unspecified atom stereocenters. The molecule has 0 atom stereocenters. The first kappa shape index (κ1) is 14.1. The van der Waals surface area contributed by atoms with Crippen LogP contribution in [0.3, 0.4) is 0 Å². The number of hydrogen-bond donors (Lipinski definition) is 1. The molecular formula is C17H13FN2O2S. The van der Waals surface area contributed by atoms with Gasteiger partial charge in [-0.2, -0.15) is 0 Å². The Hall–Kier alpha value is -2.47. The SMILES string of the molecule is O=C(Nc1cccc(F)c1)C1(c2cc(-c3cccs3)on2)CC1. The van der Waals surface area contributed by atoms with E-state index in [1.807, 2.05) is 23.6 Å². The van der Waals surface area contributed by atoms with Gasteiger partial charge < -0.3 is 9.84 Å². The van der Waals surface area contributed by atoms with Crippen LogP contribution >= 0.6 is 11.3 Å². The van der Waals surface area contributed by atoms with Crippen LogP contribution < -0.4 is 5.32 Å². The molecule has 23 heavy (non-hydrogen) atoms. The van der Waals surface area contributed by atoms with Crippen molar-refractivity contribution in [3.63, 3.8) is 0 Å². The standard InChI is InChI=1S/C17H13FN2O2S/c18-11-3-1-4-12(9-11)19-16(21)17(6-7-17)15-10-13(22-20-15)14-5-2-8-23-14/h1-5,8-10H,6-7H2,(H,19,21). The Labute approximate surface area is 135 Å². The fourth-order valence-electron chi connectivity index (χ4n) is 2.58. The average Bonchev–Trinajstić information content (AvgIpc) is 2.98. The number of nitrogens with one attached hydrogen (secondary N) is 1. The number of benzene rings is 1. The third kappa shape index (κ3) is 2.55. The van der Waals surface area contributed by atoms with Crippen LogP contribution in [0.5, 0.6) is 0 Å². The average molecular weight is 328 g/mol. The molecule has 0 saturated heterocycles. The van der Waals surface area contributed by atoms with Crippen LogP contribution in [0.25, 0.3) is 10.6 Å². The first-order chi connectivity index (χ1) is 11.2. The fourth-order valence-corrected chi connectivity index (χ4v) is 3.25. The van der Waals surface area contributed by atoms with E-state index in [2.05, 4.69) is 10.5 Å². The third-order valence-corrected chi connectivity index (χ3v) is 4.92. The summed E-state index contributed by atoms with van der Waals surface area (Å²) in [5.74, 6) is 0.114. The largest absolute Gasteiger partial charge is 0.355 e. The molecule has 116 valence electrons. The van der Waals surface area contributed by atoms with Crippen molar-refractivity contribution in [2.45, 2.75) is 18.3 Å². The van der Waals surface area contributed by atoms with E-state index in [0.29, 0.717) is 30.0 Å². The van der Waals surface area contributed by atoms with Crippen LogP contribution in [-0.2, 0) is 10.2 Å². The summed E-state index contributed by atoms with van der Waals surface area (Å²) < 4.78 is 18.6. The minimum absolute atomic E-state index is 0.172. The van der Waals surface area contributed by atoms with Gasteiger partial charge in [0.1, 0.15) is 5.82 Å². The van der Waals surface area contributed by atoms with E-state index >= 15 is 0 Å². The topological polar surface area (TPSA) is 55.1 Å². The van der Waals surface area contributed by atoms with Gasteiger partial charge >= 0.3 is 0 Å². The van der Waals surface area contributed by atoms with Gasteiger partial charge in [0.05, 0.1) is 16.0 Å². The Morgan fingerprint density at radius 3 is 2.83 bits per heavy atom. The Balaban J connectivity index is 1.57. The highest BCUT2D eigenvalue weighted by Gasteiger charge is 2.53. The van der Waals surface area contributed by atoms with E-state index in [0.717, 1.165) is 4.88 Å². The second kappa shape index (κ2) is 5.31. The van der Waals surface area contributed by atoms with Crippen LogP contribution in [0.2, 0.25) is 0 Å². The zero-order chi connectivity index (χ0) is 15.9. The molecule has 1 aromatic carbocycles. The molecular weight excluding hydrogens is 315 g/mol. The minimum Gasteiger partial charge on any atom is -0.355 e. The maximum atomic E-state index is 13.2. The van der Waals surface area contributed by atoms with Gasteiger partial charge in [-0.25, -0.2) is 4.39 Å². The molecule has 1 saturated carbocycles. The lowest BCUT2D eigenvalue weighted by Gasteiger charge is -2.12. The number of anilines is 1. The first-order valence-corrected chi connectivity index (χ1v) is 8.13. The maximum absolute atomic E-state index is 13.2. The summed E-state index contributed by atoms with van der Waals surface area (Å²) in [6.45, 7) is 0. The molecule has 4 rings (SSSR count). The number of amides is 1. The highest BCUT2D eigenvalue weighted by atomic mass is 32.1. The molecule has 1 aliphatic rings. The lowest BCUT2D eigenvalue weighted by Crippen LogP contribution is -2.28. The number of thiophene rings is 1. The van der Waals surface area contributed by atoms with E-state index in [-0.39, 0.29) is 11.7 Å². The Morgan fingerprint density at radius 1 is 1.26 bits per heavy atom.